The van der Waals surface area contributed by atoms with Crippen LogP contribution < -0.4 is 5.32 Å². The molecule has 0 aliphatic carbocycles. The molecule has 0 saturated heterocycles. The fourth-order valence-corrected chi connectivity index (χ4v) is 4.50. The Kier molecular flexibility index (Phi) is 8.03. The van der Waals surface area contributed by atoms with Gasteiger partial charge in [0.1, 0.15) is 0 Å². The number of hydrogen-bond acceptors (Lipinski definition) is 4. The third-order valence-electron chi connectivity index (χ3n) is 5.38. The summed E-state index contributed by atoms with van der Waals surface area (Å²) in [4.78, 5) is 12.6. The summed E-state index contributed by atoms with van der Waals surface area (Å²) in [6, 6.07) is 23.7. The van der Waals surface area contributed by atoms with E-state index in [0.29, 0.717) is 10.2 Å². The molecule has 0 unspecified atom stereocenters. The van der Waals surface area contributed by atoms with Gasteiger partial charge in [-0.2, -0.15) is 0 Å². The SMILES string of the molecule is CCCCc1ccc(NC(=O)CSc2nnc(-c3cccc(C)c3)n2-c2ccc(Cl)cc2)cc1. The largest absolute Gasteiger partial charge is 0.325 e. The van der Waals surface area contributed by atoms with Gasteiger partial charge in [0.15, 0.2) is 11.0 Å². The summed E-state index contributed by atoms with van der Waals surface area (Å²) in [6.07, 6.45) is 3.40. The van der Waals surface area contributed by atoms with Gasteiger partial charge in [-0.1, -0.05) is 72.6 Å². The molecule has 0 spiro atoms. The lowest BCUT2D eigenvalue weighted by molar-refractivity contribution is -0.113. The normalized spacial score (nSPS) is 10.9. The van der Waals surface area contributed by atoms with Crippen molar-refractivity contribution in [2.75, 3.05) is 11.1 Å². The zero-order valence-electron chi connectivity index (χ0n) is 19.3. The van der Waals surface area contributed by atoms with Crippen LogP contribution >= 0.6 is 23.4 Å². The second-order valence-corrected chi connectivity index (χ2v) is 9.50. The molecule has 1 heterocycles. The number of aryl methyl sites for hydroxylation is 2. The summed E-state index contributed by atoms with van der Waals surface area (Å²) < 4.78 is 1.96. The Hall–Kier alpha value is -3.09. The second kappa shape index (κ2) is 11.4. The molecule has 0 aliphatic rings. The Balaban J connectivity index is 1.51. The Morgan fingerprint density at radius 2 is 1.79 bits per heavy atom. The first-order valence-electron chi connectivity index (χ1n) is 11.3. The Labute approximate surface area is 209 Å². The average molecular weight is 491 g/mol. The van der Waals surface area contributed by atoms with Gasteiger partial charge in [-0.25, -0.2) is 0 Å². The second-order valence-electron chi connectivity index (χ2n) is 8.12. The van der Waals surface area contributed by atoms with E-state index in [0.717, 1.165) is 34.7 Å². The number of benzene rings is 3. The van der Waals surface area contributed by atoms with Gasteiger partial charge in [-0.05, 0) is 67.8 Å². The Morgan fingerprint density at radius 3 is 2.50 bits per heavy atom. The minimum absolute atomic E-state index is 0.0888. The highest BCUT2D eigenvalue weighted by molar-refractivity contribution is 7.99. The van der Waals surface area contributed by atoms with Crippen molar-refractivity contribution in [3.63, 3.8) is 0 Å². The number of carbonyl (C=O) groups is 1. The minimum atomic E-state index is -0.0888. The zero-order valence-corrected chi connectivity index (χ0v) is 20.9. The molecule has 5 nitrogen and oxygen atoms in total. The van der Waals surface area contributed by atoms with Crippen LogP contribution in [0.25, 0.3) is 17.1 Å². The Bertz CT molecular complexity index is 1250. The molecule has 0 radical (unpaired) electrons. The van der Waals surface area contributed by atoms with E-state index in [1.807, 2.05) is 66.1 Å². The van der Waals surface area contributed by atoms with Crippen molar-refractivity contribution in [2.24, 2.45) is 0 Å². The van der Waals surface area contributed by atoms with Crippen molar-refractivity contribution in [3.05, 3.63) is 88.9 Å². The summed E-state index contributed by atoms with van der Waals surface area (Å²) in [5, 5.41) is 13.1. The van der Waals surface area contributed by atoms with E-state index in [1.54, 1.807) is 0 Å². The quantitative estimate of drug-likeness (QED) is 0.257. The first-order chi connectivity index (χ1) is 16.5. The van der Waals surface area contributed by atoms with Crippen LogP contribution in [-0.2, 0) is 11.2 Å². The van der Waals surface area contributed by atoms with Crippen molar-refractivity contribution >= 4 is 35.0 Å². The van der Waals surface area contributed by atoms with E-state index in [4.69, 9.17) is 11.6 Å². The number of anilines is 1. The number of carbonyl (C=O) groups excluding carboxylic acids is 1. The van der Waals surface area contributed by atoms with Crippen LogP contribution in [0.3, 0.4) is 0 Å². The van der Waals surface area contributed by atoms with Crippen LogP contribution in [0.2, 0.25) is 5.02 Å². The maximum atomic E-state index is 12.6. The topological polar surface area (TPSA) is 59.8 Å². The molecule has 0 atom stereocenters. The predicted octanol–water partition coefficient (Wildman–Crippen LogP) is 6.97. The molecule has 3 aromatic carbocycles. The fraction of sp³-hybridized carbons (Fsp3) is 0.222. The predicted molar refractivity (Wildman–Crippen MR) is 141 cm³/mol. The third kappa shape index (κ3) is 6.07. The zero-order chi connectivity index (χ0) is 23.9. The number of amides is 1. The van der Waals surface area contributed by atoms with Gasteiger partial charge in [0, 0.05) is 22.0 Å². The molecule has 0 fully saturated rings. The minimum Gasteiger partial charge on any atom is -0.325 e. The first kappa shape index (κ1) is 24.0. The van der Waals surface area contributed by atoms with Gasteiger partial charge >= 0.3 is 0 Å². The smallest absolute Gasteiger partial charge is 0.234 e. The van der Waals surface area contributed by atoms with E-state index in [1.165, 1.54) is 30.2 Å². The number of nitrogens with one attached hydrogen (secondary N) is 1. The molecule has 4 aromatic rings. The molecule has 1 amide bonds. The number of hydrogen-bond donors (Lipinski definition) is 1. The molecule has 0 aliphatic heterocycles. The lowest BCUT2D eigenvalue weighted by Crippen LogP contribution is -2.14. The van der Waals surface area contributed by atoms with E-state index < -0.39 is 0 Å². The molecule has 0 bridgehead atoms. The van der Waals surface area contributed by atoms with Gasteiger partial charge in [-0.3, -0.25) is 9.36 Å². The molecular formula is C27H27ClN4OS. The van der Waals surface area contributed by atoms with Gasteiger partial charge in [0.25, 0.3) is 0 Å². The third-order valence-corrected chi connectivity index (χ3v) is 6.56. The van der Waals surface area contributed by atoms with E-state index in [2.05, 4.69) is 40.6 Å². The van der Waals surface area contributed by atoms with Gasteiger partial charge in [0.05, 0.1) is 5.75 Å². The molecule has 0 saturated carbocycles. The standard InChI is InChI=1S/C27H27ClN4OS/c1-3-4-7-20-9-13-23(14-10-20)29-25(33)18-34-27-31-30-26(21-8-5-6-19(2)17-21)32(27)24-15-11-22(28)12-16-24/h5-6,8-17H,3-4,7,18H2,1-2H3,(H,29,33). The van der Waals surface area contributed by atoms with Crippen molar-refractivity contribution in [1.29, 1.82) is 0 Å². The summed E-state index contributed by atoms with van der Waals surface area (Å²) >= 11 is 7.46. The average Bonchev–Trinajstić information content (AvgIpc) is 3.27. The fourth-order valence-electron chi connectivity index (χ4n) is 3.62. The number of thioether (sulfide) groups is 1. The van der Waals surface area contributed by atoms with Crippen molar-refractivity contribution in [3.8, 4) is 17.1 Å². The molecule has 34 heavy (non-hydrogen) atoms. The summed E-state index contributed by atoms with van der Waals surface area (Å²) in [7, 11) is 0. The maximum absolute atomic E-state index is 12.6. The van der Waals surface area contributed by atoms with E-state index in [-0.39, 0.29) is 11.7 Å². The molecule has 4 rings (SSSR count). The van der Waals surface area contributed by atoms with Gasteiger partial charge < -0.3 is 5.32 Å². The van der Waals surface area contributed by atoms with Crippen molar-refractivity contribution in [1.82, 2.24) is 14.8 Å². The molecule has 1 N–H and O–H groups in total. The summed E-state index contributed by atoms with van der Waals surface area (Å²) in [6.45, 7) is 4.23. The lowest BCUT2D eigenvalue weighted by atomic mass is 10.1. The van der Waals surface area contributed by atoms with Gasteiger partial charge in [0.2, 0.25) is 5.91 Å². The highest BCUT2D eigenvalue weighted by Crippen LogP contribution is 2.29. The monoisotopic (exact) mass is 490 g/mol. The van der Waals surface area contributed by atoms with Crippen LogP contribution in [0, 0.1) is 6.92 Å². The number of unbranched alkanes of at least 4 members (excludes halogenated alkanes) is 1. The van der Waals surface area contributed by atoms with Crippen LogP contribution in [-0.4, -0.2) is 26.4 Å². The Morgan fingerprint density at radius 1 is 1.03 bits per heavy atom. The van der Waals surface area contributed by atoms with Crippen molar-refractivity contribution in [2.45, 2.75) is 38.3 Å². The summed E-state index contributed by atoms with van der Waals surface area (Å²) in [5.41, 5.74) is 5.07. The molecular weight excluding hydrogens is 464 g/mol. The highest BCUT2D eigenvalue weighted by atomic mass is 35.5. The maximum Gasteiger partial charge on any atom is 0.234 e. The number of nitrogens with zero attached hydrogens (tertiary/aromatic N) is 3. The van der Waals surface area contributed by atoms with Crippen LogP contribution in [0.5, 0.6) is 0 Å². The van der Waals surface area contributed by atoms with E-state index in [9.17, 15) is 4.79 Å². The number of rotatable bonds is 9. The number of halogens is 1. The van der Waals surface area contributed by atoms with E-state index >= 15 is 0 Å². The van der Waals surface area contributed by atoms with Gasteiger partial charge in [-0.15, -0.1) is 10.2 Å². The highest BCUT2D eigenvalue weighted by Gasteiger charge is 2.17. The first-order valence-corrected chi connectivity index (χ1v) is 12.7. The molecule has 174 valence electrons. The van der Waals surface area contributed by atoms with Crippen LogP contribution in [0.1, 0.15) is 30.9 Å². The summed E-state index contributed by atoms with van der Waals surface area (Å²) in [5.74, 6) is 0.850. The van der Waals surface area contributed by atoms with Crippen LogP contribution in [0.15, 0.2) is 78.0 Å². The lowest BCUT2D eigenvalue weighted by Gasteiger charge is -2.11. The molecule has 7 heteroatoms. The number of aromatic nitrogens is 3. The molecule has 1 aromatic heterocycles. The van der Waals surface area contributed by atoms with Crippen LogP contribution in [0.4, 0.5) is 5.69 Å². The van der Waals surface area contributed by atoms with Crippen molar-refractivity contribution < 1.29 is 4.79 Å².